The molecule has 1 unspecified atom stereocenters. The molecule has 1 atom stereocenters. The summed E-state index contributed by atoms with van der Waals surface area (Å²) in [5.41, 5.74) is 2.07. The topological polar surface area (TPSA) is 76.5 Å². The number of amides is 2. The van der Waals surface area contributed by atoms with Crippen molar-refractivity contribution in [2.75, 3.05) is 19.6 Å². The Labute approximate surface area is 168 Å². The maximum atomic E-state index is 13.1. The summed E-state index contributed by atoms with van der Waals surface area (Å²) >= 11 is 0. The highest BCUT2D eigenvalue weighted by atomic mass is 19.1. The molecule has 29 heavy (non-hydrogen) atoms. The van der Waals surface area contributed by atoms with Crippen LogP contribution >= 0.6 is 0 Å². The first kappa shape index (κ1) is 19.6. The van der Waals surface area contributed by atoms with Gasteiger partial charge in [0.05, 0.1) is 25.2 Å². The Morgan fingerprint density at radius 2 is 1.97 bits per heavy atom. The van der Waals surface area contributed by atoms with Gasteiger partial charge < -0.3 is 19.5 Å². The number of aromatic nitrogens is 2. The first-order chi connectivity index (χ1) is 14.1. The van der Waals surface area contributed by atoms with Gasteiger partial charge in [-0.15, -0.1) is 0 Å². The Hall–Kier alpha value is -2.74. The lowest BCUT2D eigenvalue weighted by Crippen LogP contribution is -2.43. The molecule has 0 spiro atoms. The predicted molar refractivity (Wildman–Crippen MR) is 103 cm³/mol. The van der Waals surface area contributed by atoms with Crippen LogP contribution in [0.25, 0.3) is 0 Å². The Morgan fingerprint density at radius 1 is 1.24 bits per heavy atom. The second-order valence-corrected chi connectivity index (χ2v) is 7.50. The molecule has 2 amide bonds. The number of carbonyl (C=O) groups is 2. The normalized spacial score (nSPS) is 19.7. The number of likely N-dealkylation sites (tertiary alicyclic amines) is 1. The Balaban J connectivity index is 1.41. The third kappa shape index (κ3) is 4.03. The van der Waals surface area contributed by atoms with Crippen LogP contribution in [0, 0.1) is 11.7 Å². The van der Waals surface area contributed by atoms with Gasteiger partial charge in [-0.25, -0.2) is 9.37 Å². The van der Waals surface area contributed by atoms with Crippen LogP contribution in [0.3, 0.4) is 0 Å². The van der Waals surface area contributed by atoms with Crippen molar-refractivity contribution >= 4 is 11.8 Å². The van der Waals surface area contributed by atoms with Crippen molar-refractivity contribution in [3.8, 4) is 0 Å². The van der Waals surface area contributed by atoms with Crippen molar-refractivity contribution in [2.24, 2.45) is 5.92 Å². The average Bonchev–Trinajstić information content (AvgIpc) is 3.17. The standard InChI is InChI=1S/C21H25FN4O3/c1-2-23-20(27)15-7-9-25(10-8-15)21(28)19-17-12-29-18(11-26(17)13-24-19)14-3-5-16(22)6-4-14/h3-6,13,15,18H,2,7-12H2,1H3,(H,23,27). The molecule has 1 aromatic heterocycles. The van der Waals surface area contributed by atoms with E-state index in [-0.39, 0.29) is 36.3 Å². The molecule has 1 aromatic carbocycles. The number of piperidine rings is 1. The molecule has 8 heteroatoms. The fourth-order valence-electron chi connectivity index (χ4n) is 4.00. The highest BCUT2D eigenvalue weighted by Gasteiger charge is 2.32. The quantitative estimate of drug-likeness (QED) is 0.854. The second-order valence-electron chi connectivity index (χ2n) is 7.50. The molecule has 2 aliphatic rings. The van der Waals surface area contributed by atoms with Gasteiger partial charge in [0.2, 0.25) is 5.91 Å². The van der Waals surface area contributed by atoms with Crippen LogP contribution in [0.2, 0.25) is 0 Å². The second kappa shape index (κ2) is 8.32. The van der Waals surface area contributed by atoms with Crippen LogP contribution in [0.15, 0.2) is 30.6 Å². The van der Waals surface area contributed by atoms with Gasteiger partial charge in [-0.05, 0) is 37.5 Å². The first-order valence-electron chi connectivity index (χ1n) is 10.0. The summed E-state index contributed by atoms with van der Waals surface area (Å²) in [7, 11) is 0. The van der Waals surface area contributed by atoms with Gasteiger partial charge in [0, 0.05) is 25.6 Å². The molecular formula is C21H25FN4O3. The number of halogens is 1. The van der Waals surface area contributed by atoms with E-state index < -0.39 is 0 Å². The van der Waals surface area contributed by atoms with Crippen LogP contribution in [-0.2, 0) is 22.7 Å². The van der Waals surface area contributed by atoms with Gasteiger partial charge in [0.1, 0.15) is 11.9 Å². The van der Waals surface area contributed by atoms with E-state index in [0.717, 1.165) is 11.3 Å². The van der Waals surface area contributed by atoms with Crippen molar-refractivity contribution in [1.82, 2.24) is 19.8 Å². The highest BCUT2D eigenvalue weighted by molar-refractivity contribution is 5.93. The minimum Gasteiger partial charge on any atom is -0.365 e. The van der Waals surface area contributed by atoms with Crippen molar-refractivity contribution in [3.05, 3.63) is 53.4 Å². The molecule has 0 radical (unpaired) electrons. The summed E-state index contributed by atoms with van der Waals surface area (Å²) in [6, 6.07) is 6.27. The van der Waals surface area contributed by atoms with E-state index in [4.69, 9.17) is 4.74 Å². The van der Waals surface area contributed by atoms with E-state index in [1.165, 1.54) is 12.1 Å². The van der Waals surface area contributed by atoms with Crippen molar-refractivity contribution in [2.45, 2.75) is 39.0 Å². The molecule has 4 rings (SSSR count). The molecule has 0 saturated carbocycles. The molecular weight excluding hydrogens is 375 g/mol. The number of rotatable bonds is 4. The third-order valence-electron chi connectivity index (χ3n) is 5.68. The van der Waals surface area contributed by atoms with Gasteiger partial charge in [-0.2, -0.15) is 0 Å². The van der Waals surface area contributed by atoms with E-state index >= 15 is 0 Å². The zero-order chi connectivity index (χ0) is 20.4. The molecule has 1 fully saturated rings. The van der Waals surface area contributed by atoms with E-state index in [9.17, 15) is 14.0 Å². The highest BCUT2D eigenvalue weighted by Crippen LogP contribution is 2.29. The Kier molecular flexibility index (Phi) is 5.62. The van der Waals surface area contributed by atoms with Crippen molar-refractivity contribution in [3.63, 3.8) is 0 Å². The number of carbonyl (C=O) groups excluding carboxylic acids is 2. The molecule has 2 aliphatic heterocycles. The van der Waals surface area contributed by atoms with Gasteiger partial charge >= 0.3 is 0 Å². The van der Waals surface area contributed by atoms with E-state index in [0.29, 0.717) is 44.7 Å². The number of nitrogens with zero attached hydrogens (tertiary/aromatic N) is 3. The zero-order valence-electron chi connectivity index (χ0n) is 16.4. The van der Waals surface area contributed by atoms with Gasteiger partial charge in [0.15, 0.2) is 5.69 Å². The SMILES string of the molecule is CCNC(=O)C1CCN(C(=O)c2ncn3c2COC(c2ccc(F)cc2)C3)CC1. The number of hydrogen-bond donors (Lipinski definition) is 1. The first-order valence-corrected chi connectivity index (χ1v) is 10.0. The van der Waals surface area contributed by atoms with Crippen LogP contribution in [-0.4, -0.2) is 45.9 Å². The number of ether oxygens (including phenoxy) is 1. The van der Waals surface area contributed by atoms with Crippen LogP contribution in [0.5, 0.6) is 0 Å². The van der Waals surface area contributed by atoms with E-state index in [1.54, 1.807) is 23.4 Å². The van der Waals surface area contributed by atoms with Gasteiger partial charge in [-0.1, -0.05) is 12.1 Å². The third-order valence-corrected chi connectivity index (χ3v) is 5.68. The molecule has 7 nitrogen and oxygen atoms in total. The van der Waals surface area contributed by atoms with Crippen molar-refractivity contribution < 1.29 is 18.7 Å². The zero-order valence-corrected chi connectivity index (χ0v) is 16.4. The number of benzene rings is 1. The monoisotopic (exact) mass is 400 g/mol. The fourth-order valence-corrected chi connectivity index (χ4v) is 4.00. The summed E-state index contributed by atoms with van der Waals surface area (Å²) in [6.07, 6.45) is 2.80. The van der Waals surface area contributed by atoms with Crippen LogP contribution < -0.4 is 5.32 Å². The van der Waals surface area contributed by atoms with Crippen molar-refractivity contribution in [1.29, 1.82) is 0 Å². The number of imidazole rings is 1. The Bertz CT molecular complexity index is 888. The molecule has 0 bridgehead atoms. The van der Waals surface area contributed by atoms with Crippen LogP contribution in [0.1, 0.15) is 47.6 Å². The van der Waals surface area contributed by atoms with E-state index in [2.05, 4.69) is 10.3 Å². The molecule has 1 N–H and O–H groups in total. The molecule has 2 aromatic rings. The number of fused-ring (bicyclic) bond motifs is 1. The fraction of sp³-hybridized carbons (Fsp3) is 0.476. The number of hydrogen-bond acceptors (Lipinski definition) is 4. The summed E-state index contributed by atoms with van der Waals surface area (Å²) in [4.78, 5) is 31.1. The smallest absolute Gasteiger partial charge is 0.274 e. The lowest BCUT2D eigenvalue weighted by atomic mass is 9.95. The molecule has 154 valence electrons. The average molecular weight is 400 g/mol. The molecule has 1 saturated heterocycles. The maximum absolute atomic E-state index is 13.1. The maximum Gasteiger partial charge on any atom is 0.274 e. The minimum absolute atomic E-state index is 0.0327. The van der Waals surface area contributed by atoms with E-state index in [1.807, 2.05) is 11.5 Å². The lowest BCUT2D eigenvalue weighted by Gasteiger charge is -2.31. The summed E-state index contributed by atoms with van der Waals surface area (Å²) in [5, 5.41) is 2.85. The summed E-state index contributed by atoms with van der Waals surface area (Å²) in [6.45, 7) is 4.43. The van der Waals surface area contributed by atoms with Crippen LogP contribution in [0.4, 0.5) is 4.39 Å². The summed E-state index contributed by atoms with van der Waals surface area (Å²) in [5.74, 6) is -0.359. The molecule has 3 heterocycles. The minimum atomic E-state index is -0.281. The molecule has 0 aliphatic carbocycles. The van der Waals surface area contributed by atoms with Gasteiger partial charge in [-0.3, -0.25) is 9.59 Å². The lowest BCUT2D eigenvalue weighted by molar-refractivity contribution is -0.126. The predicted octanol–water partition coefficient (Wildman–Crippen LogP) is 2.28. The number of nitrogens with one attached hydrogen (secondary N) is 1. The summed E-state index contributed by atoms with van der Waals surface area (Å²) < 4.78 is 21.0. The van der Waals surface area contributed by atoms with Gasteiger partial charge in [0.25, 0.3) is 5.91 Å². The largest absolute Gasteiger partial charge is 0.365 e. The Morgan fingerprint density at radius 3 is 2.66 bits per heavy atom.